The average molecular weight is 343 g/mol. The van der Waals surface area contributed by atoms with Crippen LogP contribution in [-0.2, 0) is 0 Å². The van der Waals surface area contributed by atoms with Crippen LogP contribution in [0.1, 0.15) is 48.8 Å². The zero-order valence-electron chi connectivity index (χ0n) is 14.8. The number of aromatic amines is 1. The smallest absolute Gasteiger partial charge is 0.253 e. The average Bonchev–Trinajstić information content (AvgIpc) is 3.18. The van der Waals surface area contributed by atoms with Crippen molar-refractivity contribution >= 4 is 5.91 Å². The number of ether oxygens (including phenoxy) is 2. The molecule has 1 aliphatic heterocycles. The van der Waals surface area contributed by atoms with Gasteiger partial charge in [-0.2, -0.15) is 0 Å². The Morgan fingerprint density at radius 1 is 1.20 bits per heavy atom. The van der Waals surface area contributed by atoms with E-state index < -0.39 is 0 Å². The Morgan fingerprint density at radius 2 is 1.92 bits per heavy atom. The molecule has 0 bridgehead atoms. The highest BCUT2D eigenvalue weighted by molar-refractivity contribution is 5.95. The van der Waals surface area contributed by atoms with Crippen molar-refractivity contribution in [3.8, 4) is 11.5 Å². The molecule has 1 aromatic heterocycles. The van der Waals surface area contributed by atoms with Crippen LogP contribution >= 0.6 is 0 Å². The number of benzene rings is 1. The molecule has 1 N–H and O–H groups in total. The van der Waals surface area contributed by atoms with Gasteiger partial charge in [0.05, 0.1) is 13.2 Å². The van der Waals surface area contributed by atoms with Gasteiger partial charge in [0.25, 0.3) is 5.91 Å². The van der Waals surface area contributed by atoms with Crippen LogP contribution in [0.25, 0.3) is 0 Å². The number of aromatic nitrogens is 2. The summed E-state index contributed by atoms with van der Waals surface area (Å²) in [5.41, 5.74) is 0.642. The van der Waals surface area contributed by atoms with Gasteiger partial charge in [0.2, 0.25) is 0 Å². The monoisotopic (exact) mass is 343 g/mol. The van der Waals surface area contributed by atoms with E-state index in [0.29, 0.717) is 36.2 Å². The van der Waals surface area contributed by atoms with Crippen molar-refractivity contribution in [1.29, 1.82) is 0 Å². The minimum atomic E-state index is 0.0434. The Labute approximate surface area is 148 Å². The van der Waals surface area contributed by atoms with Gasteiger partial charge in [-0.15, -0.1) is 0 Å². The summed E-state index contributed by atoms with van der Waals surface area (Å²) in [6.07, 6.45) is 5.48. The zero-order chi connectivity index (χ0) is 17.6. The van der Waals surface area contributed by atoms with Crippen molar-refractivity contribution in [2.45, 2.75) is 32.6 Å². The molecule has 0 spiro atoms. The lowest BCUT2D eigenvalue weighted by molar-refractivity contribution is 0.0710. The van der Waals surface area contributed by atoms with Gasteiger partial charge in [-0.05, 0) is 44.9 Å². The summed E-state index contributed by atoms with van der Waals surface area (Å²) < 4.78 is 11.2. The molecule has 1 saturated heterocycles. The van der Waals surface area contributed by atoms with Crippen LogP contribution in [0.5, 0.6) is 11.5 Å². The molecule has 0 atom stereocenters. The summed E-state index contributed by atoms with van der Waals surface area (Å²) in [5, 5.41) is 0. The summed E-state index contributed by atoms with van der Waals surface area (Å²) in [4.78, 5) is 22.2. The maximum Gasteiger partial charge on any atom is 0.253 e. The predicted octanol–water partition coefficient (Wildman–Crippen LogP) is 3.23. The quantitative estimate of drug-likeness (QED) is 0.874. The van der Waals surface area contributed by atoms with Crippen LogP contribution in [0.3, 0.4) is 0 Å². The van der Waals surface area contributed by atoms with E-state index in [1.807, 2.05) is 37.1 Å². The number of hydrogen-bond acceptors (Lipinski definition) is 4. The molecule has 0 unspecified atom stereocenters. The van der Waals surface area contributed by atoms with Crippen LogP contribution in [0.2, 0.25) is 0 Å². The molecule has 2 aromatic rings. The maximum absolute atomic E-state index is 12.8. The largest absolute Gasteiger partial charge is 0.490 e. The molecule has 6 nitrogen and oxygen atoms in total. The van der Waals surface area contributed by atoms with Crippen LogP contribution in [0.15, 0.2) is 30.6 Å². The summed E-state index contributed by atoms with van der Waals surface area (Å²) in [7, 11) is 0. The van der Waals surface area contributed by atoms with Gasteiger partial charge in [0.1, 0.15) is 5.82 Å². The van der Waals surface area contributed by atoms with E-state index in [1.165, 1.54) is 0 Å². The minimum Gasteiger partial charge on any atom is -0.490 e. The molecule has 134 valence electrons. The van der Waals surface area contributed by atoms with E-state index in [4.69, 9.17) is 9.47 Å². The van der Waals surface area contributed by atoms with Gasteiger partial charge in [0, 0.05) is 37.0 Å². The molecule has 0 saturated carbocycles. The minimum absolute atomic E-state index is 0.0434. The van der Waals surface area contributed by atoms with Crippen LogP contribution in [-0.4, -0.2) is 47.1 Å². The first-order valence-corrected chi connectivity index (χ1v) is 8.91. The van der Waals surface area contributed by atoms with Crippen molar-refractivity contribution < 1.29 is 14.3 Å². The van der Waals surface area contributed by atoms with E-state index in [2.05, 4.69) is 9.97 Å². The lowest BCUT2D eigenvalue weighted by atomic mass is 9.95. The number of carbonyl (C=O) groups is 1. The van der Waals surface area contributed by atoms with Crippen molar-refractivity contribution in [3.05, 3.63) is 42.0 Å². The fraction of sp³-hybridized carbons (Fsp3) is 0.474. The van der Waals surface area contributed by atoms with Crippen molar-refractivity contribution in [3.63, 3.8) is 0 Å². The predicted molar refractivity (Wildman–Crippen MR) is 95.2 cm³/mol. The second-order valence-corrected chi connectivity index (χ2v) is 6.07. The first-order chi connectivity index (χ1) is 12.2. The standard InChI is InChI=1S/C19H25N3O3/c1-3-24-16-6-5-15(13-17(16)25-4-2)19(23)22-11-7-14(8-12-22)18-20-9-10-21-18/h5-6,9-10,13-14H,3-4,7-8,11-12H2,1-2H3,(H,20,21). The van der Waals surface area contributed by atoms with Gasteiger partial charge >= 0.3 is 0 Å². The third kappa shape index (κ3) is 3.95. The molecule has 2 heterocycles. The van der Waals surface area contributed by atoms with Gasteiger partial charge in [-0.25, -0.2) is 4.98 Å². The van der Waals surface area contributed by atoms with Crippen molar-refractivity contribution in [1.82, 2.24) is 14.9 Å². The van der Waals surface area contributed by atoms with Crippen LogP contribution in [0.4, 0.5) is 0 Å². The number of H-pyrrole nitrogens is 1. The lowest BCUT2D eigenvalue weighted by Crippen LogP contribution is -2.38. The number of carbonyl (C=O) groups excluding carboxylic acids is 1. The lowest BCUT2D eigenvalue weighted by Gasteiger charge is -2.31. The molecule has 1 amide bonds. The van der Waals surface area contributed by atoms with Crippen molar-refractivity contribution in [2.75, 3.05) is 26.3 Å². The molecule has 25 heavy (non-hydrogen) atoms. The number of imidazole rings is 1. The molecule has 3 rings (SSSR count). The first-order valence-electron chi connectivity index (χ1n) is 8.91. The summed E-state index contributed by atoms with van der Waals surface area (Å²) in [6, 6.07) is 5.42. The third-order valence-electron chi connectivity index (χ3n) is 4.48. The molecule has 1 aliphatic rings. The number of likely N-dealkylation sites (tertiary alicyclic amines) is 1. The highest BCUT2D eigenvalue weighted by Crippen LogP contribution is 2.30. The highest BCUT2D eigenvalue weighted by atomic mass is 16.5. The number of nitrogens with one attached hydrogen (secondary N) is 1. The highest BCUT2D eigenvalue weighted by Gasteiger charge is 2.26. The van der Waals surface area contributed by atoms with Crippen LogP contribution in [0, 0.1) is 0 Å². The van der Waals surface area contributed by atoms with E-state index in [9.17, 15) is 4.79 Å². The molecule has 0 radical (unpaired) electrons. The Kier molecular flexibility index (Phi) is 5.58. The Bertz CT molecular complexity index is 692. The van der Waals surface area contributed by atoms with Crippen LogP contribution < -0.4 is 9.47 Å². The topological polar surface area (TPSA) is 67.5 Å². The molecule has 1 aromatic carbocycles. The number of nitrogens with zero attached hydrogens (tertiary/aromatic N) is 2. The Balaban J connectivity index is 1.67. The van der Waals surface area contributed by atoms with E-state index in [0.717, 1.165) is 31.8 Å². The van der Waals surface area contributed by atoms with Gasteiger partial charge in [-0.1, -0.05) is 0 Å². The second kappa shape index (κ2) is 8.05. The SMILES string of the molecule is CCOc1ccc(C(=O)N2CCC(c3ncc[nH]3)CC2)cc1OCC. The normalized spacial score (nSPS) is 15.2. The molecular weight excluding hydrogens is 318 g/mol. The first kappa shape index (κ1) is 17.3. The van der Waals surface area contributed by atoms with E-state index in [1.54, 1.807) is 12.3 Å². The summed E-state index contributed by atoms with van der Waals surface area (Å²) in [6.45, 7) is 6.42. The summed E-state index contributed by atoms with van der Waals surface area (Å²) >= 11 is 0. The third-order valence-corrected chi connectivity index (χ3v) is 4.48. The fourth-order valence-corrected chi connectivity index (χ4v) is 3.22. The van der Waals surface area contributed by atoms with Gasteiger partial charge < -0.3 is 19.4 Å². The Morgan fingerprint density at radius 3 is 2.56 bits per heavy atom. The molecular formula is C19H25N3O3. The number of rotatable bonds is 6. The van der Waals surface area contributed by atoms with Gasteiger partial charge in [0.15, 0.2) is 11.5 Å². The summed E-state index contributed by atoms with van der Waals surface area (Å²) in [5.74, 6) is 2.77. The molecule has 6 heteroatoms. The van der Waals surface area contributed by atoms with E-state index >= 15 is 0 Å². The molecule has 1 fully saturated rings. The van der Waals surface area contributed by atoms with Crippen molar-refractivity contribution in [2.24, 2.45) is 0 Å². The number of amides is 1. The van der Waals surface area contributed by atoms with E-state index in [-0.39, 0.29) is 5.91 Å². The number of hydrogen-bond donors (Lipinski definition) is 1. The fourth-order valence-electron chi connectivity index (χ4n) is 3.22. The maximum atomic E-state index is 12.8. The zero-order valence-corrected chi connectivity index (χ0v) is 14.8. The number of piperidine rings is 1. The second-order valence-electron chi connectivity index (χ2n) is 6.07. The van der Waals surface area contributed by atoms with Gasteiger partial charge in [-0.3, -0.25) is 4.79 Å². The molecule has 0 aliphatic carbocycles. The Hall–Kier alpha value is -2.50.